The summed E-state index contributed by atoms with van der Waals surface area (Å²) in [5, 5.41) is 6.11. The van der Waals surface area contributed by atoms with Crippen LogP contribution < -0.4 is 5.32 Å². The van der Waals surface area contributed by atoms with Gasteiger partial charge in [0.15, 0.2) is 5.13 Å². The molecule has 1 saturated heterocycles. The fourth-order valence-corrected chi connectivity index (χ4v) is 3.42. The van der Waals surface area contributed by atoms with Crippen molar-refractivity contribution in [2.75, 3.05) is 18.4 Å². The maximum absolute atomic E-state index is 11.8. The zero-order valence-electron chi connectivity index (χ0n) is 12.2. The van der Waals surface area contributed by atoms with Crippen LogP contribution in [0.4, 0.5) is 10.9 Å². The van der Waals surface area contributed by atoms with Crippen molar-refractivity contribution < 1.29 is 4.79 Å². The summed E-state index contributed by atoms with van der Waals surface area (Å²) in [6, 6.07) is 5.72. The van der Waals surface area contributed by atoms with Gasteiger partial charge in [-0.3, -0.25) is 4.79 Å². The fourth-order valence-electron chi connectivity index (χ4n) is 2.63. The van der Waals surface area contributed by atoms with E-state index >= 15 is 0 Å². The molecule has 6 heteroatoms. The Hall–Kier alpha value is -2.21. The van der Waals surface area contributed by atoms with Crippen molar-refractivity contribution in [3.63, 3.8) is 0 Å². The highest BCUT2D eigenvalue weighted by Crippen LogP contribution is 2.30. The average Bonchev–Trinajstić information content (AvgIpc) is 3.04. The van der Waals surface area contributed by atoms with Crippen LogP contribution in [0, 0.1) is 0 Å². The first-order valence-corrected chi connectivity index (χ1v) is 8.19. The van der Waals surface area contributed by atoms with E-state index in [0.717, 1.165) is 42.6 Å². The first kappa shape index (κ1) is 14.7. The zero-order chi connectivity index (χ0) is 15.4. The van der Waals surface area contributed by atoms with E-state index < -0.39 is 0 Å². The number of rotatable bonds is 4. The molecule has 0 bridgehead atoms. The molecule has 1 aliphatic heterocycles. The van der Waals surface area contributed by atoms with Crippen LogP contribution in [0.1, 0.15) is 24.5 Å². The number of likely N-dealkylation sites (tertiary alicyclic amines) is 1. The lowest BCUT2D eigenvalue weighted by Crippen LogP contribution is -2.38. The molecule has 0 aliphatic carbocycles. The van der Waals surface area contributed by atoms with Gasteiger partial charge in [0, 0.05) is 30.6 Å². The van der Waals surface area contributed by atoms with Crippen molar-refractivity contribution in [2.45, 2.75) is 18.8 Å². The van der Waals surface area contributed by atoms with Gasteiger partial charge in [0.2, 0.25) is 5.91 Å². The van der Waals surface area contributed by atoms with Gasteiger partial charge in [-0.15, -0.1) is 11.3 Å². The van der Waals surface area contributed by atoms with E-state index in [1.54, 1.807) is 17.5 Å². The number of thiazole rings is 1. The van der Waals surface area contributed by atoms with Crippen LogP contribution in [-0.2, 0) is 4.79 Å². The number of anilines is 2. The molecule has 0 radical (unpaired) electrons. The van der Waals surface area contributed by atoms with Crippen molar-refractivity contribution in [3.05, 3.63) is 48.1 Å². The highest BCUT2D eigenvalue weighted by Gasteiger charge is 2.25. The number of aromatic nitrogens is 2. The van der Waals surface area contributed by atoms with Gasteiger partial charge in [0.25, 0.3) is 0 Å². The van der Waals surface area contributed by atoms with Crippen molar-refractivity contribution >= 4 is 28.2 Å². The molecule has 2 aromatic heterocycles. The third-order valence-electron chi connectivity index (χ3n) is 3.75. The highest BCUT2D eigenvalue weighted by atomic mass is 32.1. The van der Waals surface area contributed by atoms with E-state index in [1.807, 2.05) is 23.1 Å². The first-order chi connectivity index (χ1) is 10.8. The number of amides is 1. The minimum Gasteiger partial charge on any atom is -0.339 e. The van der Waals surface area contributed by atoms with E-state index in [4.69, 9.17) is 0 Å². The van der Waals surface area contributed by atoms with Crippen molar-refractivity contribution in [1.29, 1.82) is 0 Å². The Labute approximate surface area is 133 Å². The number of carbonyl (C=O) groups is 1. The minimum atomic E-state index is 0.00626. The van der Waals surface area contributed by atoms with Crippen LogP contribution in [0.5, 0.6) is 0 Å². The Kier molecular flexibility index (Phi) is 4.48. The van der Waals surface area contributed by atoms with Crippen LogP contribution in [0.3, 0.4) is 0 Å². The van der Waals surface area contributed by atoms with Crippen LogP contribution in [0.2, 0.25) is 0 Å². The van der Waals surface area contributed by atoms with E-state index in [2.05, 4.69) is 27.2 Å². The summed E-state index contributed by atoms with van der Waals surface area (Å²) in [4.78, 5) is 22.5. The van der Waals surface area contributed by atoms with Crippen LogP contribution >= 0.6 is 11.3 Å². The molecule has 3 heterocycles. The van der Waals surface area contributed by atoms with Crippen LogP contribution in [-0.4, -0.2) is 33.9 Å². The van der Waals surface area contributed by atoms with Crippen molar-refractivity contribution in [3.8, 4) is 0 Å². The van der Waals surface area contributed by atoms with Crippen LogP contribution in [0.15, 0.2) is 42.4 Å². The number of hydrogen-bond donors (Lipinski definition) is 1. The molecule has 114 valence electrons. The first-order valence-electron chi connectivity index (χ1n) is 7.31. The Bertz CT molecular complexity index is 655. The lowest BCUT2D eigenvalue weighted by Gasteiger charge is -2.31. The summed E-state index contributed by atoms with van der Waals surface area (Å²) < 4.78 is 0. The summed E-state index contributed by atoms with van der Waals surface area (Å²) in [6.07, 6.45) is 5.20. The number of pyridine rings is 1. The maximum Gasteiger partial charge on any atom is 0.245 e. The van der Waals surface area contributed by atoms with Gasteiger partial charge >= 0.3 is 0 Å². The second-order valence-corrected chi connectivity index (χ2v) is 6.10. The maximum atomic E-state index is 11.8. The molecule has 3 rings (SSSR count). The van der Waals surface area contributed by atoms with Crippen molar-refractivity contribution in [2.24, 2.45) is 0 Å². The van der Waals surface area contributed by atoms with Gasteiger partial charge in [-0.1, -0.05) is 12.6 Å². The molecule has 0 spiro atoms. The molecule has 0 saturated carbocycles. The van der Waals surface area contributed by atoms with Gasteiger partial charge in [-0.25, -0.2) is 9.97 Å². The topological polar surface area (TPSA) is 58.1 Å². The monoisotopic (exact) mass is 314 g/mol. The Morgan fingerprint density at radius 3 is 3.18 bits per heavy atom. The number of hydrogen-bond acceptors (Lipinski definition) is 5. The fraction of sp³-hybridized carbons (Fsp3) is 0.312. The van der Waals surface area contributed by atoms with Gasteiger partial charge in [-0.05, 0) is 31.1 Å². The van der Waals surface area contributed by atoms with Gasteiger partial charge in [0.05, 0.1) is 5.69 Å². The molecule has 2 aromatic rings. The molecule has 0 aromatic carbocycles. The quantitative estimate of drug-likeness (QED) is 0.881. The van der Waals surface area contributed by atoms with Crippen molar-refractivity contribution in [1.82, 2.24) is 14.9 Å². The largest absolute Gasteiger partial charge is 0.339 e. The summed E-state index contributed by atoms with van der Waals surface area (Å²) in [5.41, 5.74) is 1.05. The summed E-state index contributed by atoms with van der Waals surface area (Å²) in [6.45, 7) is 5.09. The summed E-state index contributed by atoms with van der Waals surface area (Å²) >= 11 is 1.57. The molecule has 1 aliphatic rings. The second-order valence-electron chi connectivity index (χ2n) is 5.25. The molecule has 22 heavy (non-hydrogen) atoms. The van der Waals surface area contributed by atoms with Gasteiger partial charge in [0.1, 0.15) is 5.82 Å². The van der Waals surface area contributed by atoms with E-state index in [0.29, 0.717) is 5.92 Å². The lowest BCUT2D eigenvalue weighted by molar-refractivity contribution is -0.127. The number of piperidine rings is 1. The SMILES string of the molecule is C=CC(=O)N1CCC[C@@H](c2csc(Nc3ccccn3)n2)C1. The van der Waals surface area contributed by atoms with Gasteiger partial charge < -0.3 is 10.2 Å². The predicted molar refractivity (Wildman–Crippen MR) is 88.4 cm³/mol. The Balaban J connectivity index is 1.68. The Morgan fingerprint density at radius 1 is 1.50 bits per heavy atom. The minimum absolute atomic E-state index is 0.00626. The molecule has 1 fully saturated rings. The second kappa shape index (κ2) is 6.70. The Morgan fingerprint density at radius 2 is 2.41 bits per heavy atom. The zero-order valence-corrected chi connectivity index (χ0v) is 13.1. The average molecular weight is 314 g/mol. The summed E-state index contributed by atoms with van der Waals surface area (Å²) in [7, 11) is 0. The molecular formula is C16H18N4OS. The number of nitrogens with one attached hydrogen (secondary N) is 1. The highest BCUT2D eigenvalue weighted by molar-refractivity contribution is 7.13. The third kappa shape index (κ3) is 3.33. The standard InChI is InChI=1S/C16H18N4OS/c1-2-15(21)20-9-5-6-12(10-20)13-11-22-16(18-13)19-14-7-3-4-8-17-14/h2-4,7-8,11-12H,1,5-6,9-10H2,(H,17,18,19)/t12-/m1/s1. The molecule has 1 amide bonds. The van der Waals surface area contributed by atoms with E-state index in [1.165, 1.54) is 6.08 Å². The van der Waals surface area contributed by atoms with E-state index in [9.17, 15) is 4.79 Å². The normalized spacial score (nSPS) is 18.0. The molecule has 1 atom stereocenters. The third-order valence-corrected chi connectivity index (χ3v) is 4.52. The number of carbonyl (C=O) groups excluding carboxylic acids is 1. The molecule has 0 unspecified atom stereocenters. The molecule has 5 nitrogen and oxygen atoms in total. The van der Waals surface area contributed by atoms with E-state index in [-0.39, 0.29) is 5.91 Å². The van der Waals surface area contributed by atoms with Gasteiger partial charge in [-0.2, -0.15) is 0 Å². The smallest absolute Gasteiger partial charge is 0.245 e. The van der Waals surface area contributed by atoms with Crippen LogP contribution in [0.25, 0.3) is 0 Å². The number of nitrogens with zero attached hydrogens (tertiary/aromatic N) is 3. The summed E-state index contributed by atoms with van der Waals surface area (Å²) in [5.74, 6) is 1.09. The molecule has 1 N–H and O–H groups in total. The lowest BCUT2D eigenvalue weighted by atomic mass is 9.95. The predicted octanol–water partition coefficient (Wildman–Crippen LogP) is 3.17. The molecular weight excluding hydrogens is 296 g/mol.